The van der Waals surface area contributed by atoms with Gasteiger partial charge in [-0.2, -0.15) is 0 Å². The highest BCUT2D eigenvalue weighted by Crippen LogP contribution is 2.31. The number of carboxylic acid groups (broad SMARTS) is 1. The van der Waals surface area contributed by atoms with E-state index in [1.54, 1.807) is 7.11 Å². The quantitative estimate of drug-likeness (QED) is 0.435. The number of H-pyrrole nitrogens is 1. The van der Waals surface area contributed by atoms with Crippen molar-refractivity contribution in [2.45, 2.75) is 44.6 Å². The average molecular weight is 535 g/mol. The Bertz CT molecular complexity index is 1340. The number of hydrogen-bond acceptors (Lipinski definition) is 5. The van der Waals surface area contributed by atoms with E-state index < -0.39 is 5.97 Å². The lowest BCUT2D eigenvalue weighted by molar-refractivity contribution is -0.139. The van der Waals surface area contributed by atoms with Crippen LogP contribution in [0, 0.1) is 11.8 Å². The summed E-state index contributed by atoms with van der Waals surface area (Å²) < 4.78 is 7.11. The molecule has 0 unspecified atom stereocenters. The van der Waals surface area contributed by atoms with Crippen molar-refractivity contribution in [3.05, 3.63) is 64.6 Å². The van der Waals surface area contributed by atoms with Crippen molar-refractivity contribution in [3.63, 3.8) is 0 Å². The lowest BCUT2D eigenvalue weighted by atomic mass is 9.80. The first-order valence-electron chi connectivity index (χ1n) is 14.0. The number of amides is 1. The molecule has 3 aromatic rings. The molecule has 9 nitrogen and oxygen atoms in total. The van der Waals surface area contributed by atoms with Crippen molar-refractivity contribution < 1.29 is 19.4 Å². The van der Waals surface area contributed by atoms with Gasteiger partial charge in [-0.3, -0.25) is 14.2 Å². The summed E-state index contributed by atoms with van der Waals surface area (Å²) in [6, 6.07) is 15.6. The first-order chi connectivity index (χ1) is 18.9. The number of carboxylic acids is 1. The minimum atomic E-state index is -0.770. The lowest BCUT2D eigenvalue weighted by Crippen LogP contribution is -2.46. The number of para-hydroxylation sites is 2. The normalized spacial score (nSPS) is 20.8. The van der Waals surface area contributed by atoms with Crippen molar-refractivity contribution in [3.8, 4) is 5.75 Å². The number of hydrogen-bond donors (Lipinski definition) is 2. The number of benzene rings is 2. The van der Waals surface area contributed by atoms with E-state index in [1.807, 2.05) is 58.0 Å². The van der Waals surface area contributed by atoms with E-state index >= 15 is 0 Å². The van der Waals surface area contributed by atoms with Crippen molar-refractivity contribution >= 4 is 22.9 Å². The smallest absolute Gasteiger partial charge is 0.326 e. The van der Waals surface area contributed by atoms with Crippen LogP contribution in [-0.4, -0.2) is 76.2 Å². The number of nitrogens with zero attached hydrogens (tertiary/aromatic N) is 3. The number of aliphatic carboxylic acids is 1. The summed E-state index contributed by atoms with van der Waals surface area (Å²) in [7, 11) is 1.62. The number of likely N-dealkylation sites (tertiary alicyclic amines) is 2. The highest BCUT2D eigenvalue weighted by Gasteiger charge is 2.33. The molecule has 1 amide bonds. The number of piperidine rings is 2. The molecule has 2 aliphatic heterocycles. The van der Waals surface area contributed by atoms with Gasteiger partial charge in [0.15, 0.2) is 0 Å². The minimum absolute atomic E-state index is 0.0484. The molecule has 0 radical (unpaired) electrons. The molecular formula is C30H38N4O5. The van der Waals surface area contributed by atoms with Gasteiger partial charge in [0.25, 0.3) is 0 Å². The molecule has 0 saturated carbocycles. The molecule has 2 aliphatic rings. The number of carbonyl (C=O) groups is 2. The maximum absolute atomic E-state index is 13.1. The highest BCUT2D eigenvalue weighted by molar-refractivity contribution is 5.79. The van der Waals surface area contributed by atoms with Crippen LogP contribution in [0.5, 0.6) is 5.75 Å². The van der Waals surface area contributed by atoms with Crippen LogP contribution in [0.1, 0.15) is 43.7 Å². The van der Waals surface area contributed by atoms with Gasteiger partial charge in [0.1, 0.15) is 5.75 Å². The second-order valence-corrected chi connectivity index (χ2v) is 11.0. The Morgan fingerprint density at radius 1 is 1.00 bits per heavy atom. The second kappa shape index (κ2) is 12.1. The van der Waals surface area contributed by atoms with Gasteiger partial charge < -0.3 is 24.6 Å². The average Bonchev–Trinajstić information content (AvgIpc) is 3.28. The Morgan fingerprint density at radius 2 is 1.74 bits per heavy atom. The highest BCUT2D eigenvalue weighted by atomic mass is 16.5. The zero-order chi connectivity index (χ0) is 27.4. The van der Waals surface area contributed by atoms with Gasteiger partial charge in [-0.25, -0.2) is 4.79 Å². The molecular weight excluding hydrogens is 496 g/mol. The maximum atomic E-state index is 13.1. The van der Waals surface area contributed by atoms with Crippen molar-refractivity contribution in [2.24, 2.45) is 11.8 Å². The molecule has 2 N–H and O–H groups in total. The summed E-state index contributed by atoms with van der Waals surface area (Å²) in [4.78, 5) is 44.6. The van der Waals surface area contributed by atoms with Crippen LogP contribution in [0.25, 0.3) is 11.0 Å². The Morgan fingerprint density at radius 3 is 2.46 bits per heavy atom. The fraction of sp³-hybridized carbons (Fsp3) is 0.500. The standard InChI is InChI=1S/C30H38N4O5/c1-39-25-8-6-21(7-9-25)18-28(35)33-17-11-22(19-29(36)37)23(20-33)10-14-32-15-12-24(13-16-32)34-27-5-3-2-4-26(27)31-30(34)38/h2-9,22-24H,10-20H2,1H3,(H,31,38)(H,36,37)/t22-,23-/m0/s1. The summed E-state index contributed by atoms with van der Waals surface area (Å²) in [5.74, 6) is 0.314. The van der Waals surface area contributed by atoms with Crippen LogP contribution in [0.3, 0.4) is 0 Å². The third kappa shape index (κ3) is 6.36. The lowest BCUT2D eigenvalue weighted by Gasteiger charge is -2.40. The zero-order valence-electron chi connectivity index (χ0n) is 22.6. The van der Waals surface area contributed by atoms with Gasteiger partial charge in [-0.05, 0) is 73.9 Å². The molecule has 2 aromatic carbocycles. The van der Waals surface area contributed by atoms with Crippen molar-refractivity contribution in [1.82, 2.24) is 19.4 Å². The first-order valence-corrected chi connectivity index (χ1v) is 14.0. The van der Waals surface area contributed by atoms with Crippen LogP contribution in [-0.2, 0) is 16.0 Å². The van der Waals surface area contributed by atoms with Gasteiger partial charge in [-0.15, -0.1) is 0 Å². The van der Waals surface area contributed by atoms with Crippen LogP contribution in [0.15, 0.2) is 53.3 Å². The number of fused-ring (bicyclic) bond motifs is 1. The number of aromatic nitrogens is 2. The molecule has 5 rings (SSSR count). The van der Waals surface area contributed by atoms with Gasteiger partial charge >= 0.3 is 11.7 Å². The van der Waals surface area contributed by atoms with Gasteiger partial charge in [-0.1, -0.05) is 24.3 Å². The van der Waals surface area contributed by atoms with E-state index in [-0.39, 0.29) is 35.9 Å². The number of ether oxygens (including phenoxy) is 1. The van der Waals surface area contributed by atoms with E-state index in [2.05, 4.69) is 9.88 Å². The largest absolute Gasteiger partial charge is 0.497 e. The Hall–Kier alpha value is -3.59. The summed E-state index contributed by atoms with van der Waals surface area (Å²) in [5.41, 5.74) is 2.73. The molecule has 2 saturated heterocycles. The minimum Gasteiger partial charge on any atom is -0.497 e. The molecule has 1 aromatic heterocycles. The number of methoxy groups -OCH3 is 1. The molecule has 39 heavy (non-hydrogen) atoms. The fourth-order valence-corrected chi connectivity index (χ4v) is 6.34. The summed E-state index contributed by atoms with van der Waals surface area (Å²) in [6.07, 6.45) is 3.87. The van der Waals surface area contributed by atoms with Crippen LogP contribution in [0.2, 0.25) is 0 Å². The van der Waals surface area contributed by atoms with E-state index in [4.69, 9.17) is 4.74 Å². The Labute approximate surface area is 228 Å². The van der Waals surface area contributed by atoms with Gasteiger partial charge in [0.05, 0.1) is 24.6 Å². The van der Waals surface area contributed by atoms with E-state index in [0.29, 0.717) is 19.5 Å². The third-order valence-corrected chi connectivity index (χ3v) is 8.56. The molecule has 3 heterocycles. The molecule has 208 valence electrons. The summed E-state index contributed by atoms with van der Waals surface area (Å²) in [6.45, 7) is 3.87. The van der Waals surface area contributed by atoms with Crippen LogP contribution in [0.4, 0.5) is 0 Å². The van der Waals surface area contributed by atoms with Crippen molar-refractivity contribution in [1.29, 1.82) is 0 Å². The SMILES string of the molecule is COc1ccc(CC(=O)N2CC[C@@H](CC(=O)O)[C@@H](CCN3CCC(n4c(=O)[nH]c5ccccc54)CC3)C2)cc1. The molecule has 0 spiro atoms. The Balaban J connectivity index is 1.17. The van der Waals surface area contributed by atoms with E-state index in [9.17, 15) is 19.5 Å². The summed E-state index contributed by atoms with van der Waals surface area (Å²) >= 11 is 0. The maximum Gasteiger partial charge on any atom is 0.326 e. The van der Waals surface area contributed by atoms with E-state index in [0.717, 1.165) is 67.7 Å². The molecule has 0 bridgehead atoms. The van der Waals surface area contributed by atoms with Crippen LogP contribution < -0.4 is 10.4 Å². The molecule has 9 heteroatoms. The second-order valence-electron chi connectivity index (χ2n) is 11.0. The Kier molecular flexibility index (Phi) is 8.35. The van der Waals surface area contributed by atoms with Gasteiger partial charge in [0, 0.05) is 38.6 Å². The number of aromatic amines is 1. The summed E-state index contributed by atoms with van der Waals surface area (Å²) in [5, 5.41) is 9.50. The number of nitrogens with one attached hydrogen (secondary N) is 1. The number of carbonyl (C=O) groups excluding carboxylic acids is 1. The fourth-order valence-electron chi connectivity index (χ4n) is 6.34. The molecule has 2 fully saturated rings. The molecule has 0 aliphatic carbocycles. The first kappa shape index (κ1) is 27.0. The predicted molar refractivity (Wildman–Crippen MR) is 149 cm³/mol. The van der Waals surface area contributed by atoms with Crippen LogP contribution >= 0.6 is 0 Å². The third-order valence-electron chi connectivity index (χ3n) is 8.56. The number of imidazole rings is 1. The molecule has 2 atom stereocenters. The zero-order valence-corrected chi connectivity index (χ0v) is 22.6. The number of rotatable bonds is 9. The van der Waals surface area contributed by atoms with E-state index in [1.165, 1.54) is 0 Å². The predicted octanol–water partition coefficient (Wildman–Crippen LogP) is 3.55. The monoisotopic (exact) mass is 534 g/mol. The topological polar surface area (TPSA) is 108 Å². The van der Waals surface area contributed by atoms with Gasteiger partial charge in [0.2, 0.25) is 5.91 Å². The van der Waals surface area contributed by atoms with Crippen molar-refractivity contribution in [2.75, 3.05) is 39.8 Å².